The highest BCUT2D eigenvalue weighted by Gasteiger charge is 2.40. The van der Waals surface area contributed by atoms with Crippen LogP contribution in [0.15, 0.2) is 72.4 Å². The Morgan fingerprint density at radius 3 is 2.15 bits per heavy atom. The Kier molecular flexibility index (Phi) is 6.49. The summed E-state index contributed by atoms with van der Waals surface area (Å²) in [6, 6.07) is 17.2. The van der Waals surface area contributed by atoms with Crippen LogP contribution in [0.2, 0.25) is 0 Å². The van der Waals surface area contributed by atoms with Gasteiger partial charge in [0.25, 0.3) is 11.8 Å². The number of nitrogens with one attached hydrogen (secondary N) is 1. The highest BCUT2D eigenvalue weighted by atomic mass is 19.1. The van der Waals surface area contributed by atoms with Gasteiger partial charge in [0.2, 0.25) is 0 Å². The zero-order valence-corrected chi connectivity index (χ0v) is 18.9. The number of rotatable bonds is 8. The van der Waals surface area contributed by atoms with Gasteiger partial charge in [0.05, 0.1) is 32.1 Å². The number of anilines is 2. The van der Waals surface area contributed by atoms with Crippen LogP contribution in [0.25, 0.3) is 5.57 Å². The smallest absolute Gasteiger partial charge is 0.282 e. The quantitative estimate of drug-likeness (QED) is 0.492. The van der Waals surface area contributed by atoms with E-state index in [-0.39, 0.29) is 17.0 Å². The molecule has 0 saturated heterocycles. The molecule has 8 heteroatoms. The first kappa shape index (κ1) is 22.8. The zero-order valence-electron chi connectivity index (χ0n) is 18.9. The van der Waals surface area contributed by atoms with Crippen LogP contribution >= 0.6 is 0 Å². The molecule has 1 aliphatic heterocycles. The molecule has 34 heavy (non-hydrogen) atoms. The van der Waals surface area contributed by atoms with Gasteiger partial charge in [-0.15, -0.1) is 0 Å². The third-order valence-electron chi connectivity index (χ3n) is 5.23. The molecule has 0 saturated carbocycles. The minimum atomic E-state index is -0.568. The third kappa shape index (κ3) is 4.43. The maximum atomic E-state index is 13.6. The summed E-state index contributed by atoms with van der Waals surface area (Å²) < 4.78 is 29.7. The SMILES string of the molecule is CCOc1cccc(NC2=C(c3ccc(F)cc3)C(=O)N(c3cc(OC)cc(OC)c3)C2=O)c1. The molecule has 0 aliphatic carbocycles. The van der Waals surface area contributed by atoms with Crippen LogP contribution in [0.5, 0.6) is 17.2 Å². The predicted molar refractivity (Wildman–Crippen MR) is 127 cm³/mol. The number of benzene rings is 3. The Labute approximate surface area is 196 Å². The van der Waals surface area contributed by atoms with Crippen molar-refractivity contribution < 1.29 is 28.2 Å². The lowest BCUT2D eigenvalue weighted by atomic mass is 10.0. The van der Waals surface area contributed by atoms with E-state index in [0.29, 0.717) is 35.1 Å². The van der Waals surface area contributed by atoms with Gasteiger partial charge >= 0.3 is 0 Å². The molecule has 3 aromatic carbocycles. The molecular formula is C26H23FN2O5. The van der Waals surface area contributed by atoms with E-state index in [0.717, 1.165) is 4.90 Å². The van der Waals surface area contributed by atoms with Crippen LogP contribution in [0.1, 0.15) is 12.5 Å². The molecule has 0 aromatic heterocycles. The first-order chi connectivity index (χ1) is 16.4. The maximum Gasteiger partial charge on any atom is 0.282 e. The van der Waals surface area contributed by atoms with E-state index in [1.165, 1.54) is 38.5 Å². The Hall–Kier alpha value is -4.33. The van der Waals surface area contributed by atoms with Gasteiger partial charge < -0.3 is 19.5 Å². The van der Waals surface area contributed by atoms with Gasteiger partial charge in [-0.1, -0.05) is 18.2 Å². The molecule has 0 radical (unpaired) electrons. The van der Waals surface area contributed by atoms with E-state index in [2.05, 4.69) is 5.32 Å². The van der Waals surface area contributed by atoms with E-state index in [4.69, 9.17) is 14.2 Å². The monoisotopic (exact) mass is 462 g/mol. The normalized spacial score (nSPS) is 13.4. The van der Waals surface area contributed by atoms with E-state index in [9.17, 15) is 14.0 Å². The number of carbonyl (C=O) groups is 2. The van der Waals surface area contributed by atoms with Crippen LogP contribution in [-0.2, 0) is 9.59 Å². The molecule has 7 nitrogen and oxygen atoms in total. The molecule has 4 rings (SSSR count). The number of carbonyl (C=O) groups excluding carboxylic acids is 2. The summed E-state index contributed by atoms with van der Waals surface area (Å²) >= 11 is 0. The van der Waals surface area contributed by atoms with Crippen molar-refractivity contribution in [3.05, 3.63) is 83.8 Å². The van der Waals surface area contributed by atoms with E-state index < -0.39 is 17.6 Å². The van der Waals surface area contributed by atoms with Crippen molar-refractivity contribution in [2.45, 2.75) is 6.92 Å². The number of amides is 2. The fraction of sp³-hybridized carbons (Fsp3) is 0.154. The molecule has 0 bridgehead atoms. The second-order valence-corrected chi connectivity index (χ2v) is 7.36. The molecule has 0 spiro atoms. The van der Waals surface area contributed by atoms with Crippen molar-refractivity contribution in [2.24, 2.45) is 0 Å². The van der Waals surface area contributed by atoms with Crippen LogP contribution in [0.4, 0.5) is 15.8 Å². The fourth-order valence-corrected chi connectivity index (χ4v) is 3.66. The number of hydrogen-bond acceptors (Lipinski definition) is 6. The van der Waals surface area contributed by atoms with Crippen molar-refractivity contribution >= 4 is 28.8 Å². The van der Waals surface area contributed by atoms with Gasteiger partial charge in [0.1, 0.15) is 28.8 Å². The summed E-state index contributed by atoms with van der Waals surface area (Å²) in [7, 11) is 2.96. The summed E-state index contributed by atoms with van der Waals surface area (Å²) in [5.41, 5.74) is 1.43. The number of nitrogens with zero attached hydrogens (tertiary/aromatic N) is 1. The largest absolute Gasteiger partial charge is 0.497 e. The lowest BCUT2D eigenvalue weighted by Crippen LogP contribution is -2.32. The molecule has 0 atom stereocenters. The Balaban J connectivity index is 1.81. The molecule has 1 N–H and O–H groups in total. The average Bonchev–Trinajstić information content (AvgIpc) is 3.08. The van der Waals surface area contributed by atoms with Gasteiger partial charge in [-0.3, -0.25) is 9.59 Å². The number of ether oxygens (including phenoxy) is 3. The van der Waals surface area contributed by atoms with Gasteiger partial charge in [-0.25, -0.2) is 9.29 Å². The zero-order chi connectivity index (χ0) is 24.2. The summed E-state index contributed by atoms with van der Waals surface area (Å²) in [4.78, 5) is 28.2. The van der Waals surface area contributed by atoms with Gasteiger partial charge in [0, 0.05) is 30.0 Å². The second-order valence-electron chi connectivity index (χ2n) is 7.36. The molecular weight excluding hydrogens is 439 g/mol. The van der Waals surface area contributed by atoms with Crippen LogP contribution in [-0.4, -0.2) is 32.6 Å². The molecule has 0 fully saturated rings. The van der Waals surface area contributed by atoms with Crippen LogP contribution in [0.3, 0.4) is 0 Å². The lowest BCUT2D eigenvalue weighted by molar-refractivity contribution is -0.120. The molecule has 0 unspecified atom stereocenters. The minimum Gasteiger partial charge on any atom is -0.497 e. The van der Waals surface area contributed by atoms with Gasteiger partial charge in [-0.05, 0) is 36.8 Å². The Bertz CT molecular complexity index is 1250. The number of hydrogen-bond donors (Lipinski definition) is 1. The molecule has 3 aromatic rings. The van der Waals surface area contributed by atoms with Crippen LogP contribution in [0, 0.1) is 5.82 Å². The molecule has 174 valence electrons. The maximum absolute atomic E-state index is 13.6. The first-order valence-electron chi connectivity index (χ1n) is 10.6. The highest BCUT2D eigenvalue weighted by molar-refractivity contribution is 6.46. The summed E-state index contributed by atoms with van der Waals surface area (Å²) in [6.07, 6.45) is 0. The van der Waals surface area contributed by atoms with Crippen molar-refractivity contribution in [1.29, 1.82) is 0 Å². The van der Waals surface area contributed by atoms with Crippen molar-refractivity contribution in [1.82, 2.24) is 0 Å². The minimum absolute atomic E-state index is 0.0621. The van der Waals surface area contributed by atoms with Crippen molar-refractivity contribution in [3.63, 3.8) is 0 Å². The van der Waals surface area contributed by atoms with E-state index in [1.54, 1.807) is 42.5 Å². The summed E-state index contributed by atoms with van der Waals surface area (Å²) in [5, 5.41) is 3.07. The molecule has 2 amide bonds. The molecule has 1 heterocycles. The first-order valence-corrected chi connectivity index (χ1v) is 10.6. The predicted octanol–water partition coefficient (Wildman–Crippen LogP) is 4.64. The summed E-state index contributed by atoms with van der Waals surface area (Å²) in [6.45, 7) is 2.35. The summed E-state index contributed by atoms with van der Waals surface area (Å²) in [5.74, 6) is -0.123. The van der Waals surface area contributed by atoms with Gasteiger partial charge in [0.15, 0.2) is 0 Å². The average molecular weight is 462 g/mol. The highest BCUT2D eigenvalue weighted by Crippen LogP contribution is 2.37. The van der Waals surface area contributed by atoms with Crippen LogP contribution < -0.4 is 24.4 Å². The van der Waals surface area contributed by atoms with Gasteiger partial charge in [-0.2, -0.15) is 0 Å². The van der Waals surface area contributed by atoms with E-state index in [1.807, 2.05) is 6.92 Å². The Morgan fingerprint density at radius 1 is 0.853 bits per heavy atom. The number of imide groups is 1. The molecule has 1 aliphatic rings. The van der Waals surface area contributed by atoms with E-state index >= 15 is 0 Å². The second kappa shape index (κ2) is 9.66. The third-order valence-corrected chi connectivity index (χ3v) is 5.23. The Morgan fingerprint density at radius 2 is 1.53 bits per heavy atom. The van der Waals surface area contributed by atoms with Crippen molar-refractivity contribution in [2.75, 3.05) is 31.0 Å². The number of halogens is 1. The lowest BCUT2D eigenvalue weighted by Gasteiger charge is -2.17. The van der Waals surface area contributed by atoms with Crippen molar-refractivity contribution in [3.8, 4) is 17.2 Å². The number of methoxy groups -OCH3 is 2. The fourth-order valence-electron chi connectivity index (χ4n) is 3.66. The standard InChI is InChI=1S/C26H23FN2O5/c1-4-34-20-7-5-6-18(12-20)28-24-23(16-8-10-17(27)11-9-16)25(30)29(26(24)31)19-13-21(32-2)15-22(14-19)33-3/h5-15,28H,4H2,1-3H3. The topological polar surface area (TPSA) is 77.1 Å².